The number of ether oxygens (including phenoxy) is 1. The molecule has 3 heterocycles. The van der Waals surface area contributed by atoms with E-state index in [1.165, 1.54) is 0 Å². The highest BCUT2D eigenvalue weighted by atomic mass is 35.5. The van der Waals surface area contributed by atoms with Crippen molar-refractivity contribution >= 4 is 23.4 Å². The molecule has 2 fully saturated rings. The first-order chi connectivity index (χ1) is 17.2. The molecule has 1 aromatic heterocycles. The molecule has 0 radical (unpaired) electrons. The summed E-state index contributed by atoms with van der Waals surface area (Å²) in [5, 5.41) is 4.77. The van der Waals surface area contributed by atoms with Crippen molar-refractivity contribution in [3.05, 3.63) is 46.3 Å². The van der Waals surface area contributed by atoms with Crippen LogP contribution in [0.25, 0.3) is 0 Å². The van der Waals surface area contributed by atoms with Gasteiger partial charge in [0.1, 0.15) is 17.1 Å². The van der Waals surface area contributed by atoms with Crippen molar-refractivity contribution in [2.24, 2.45) is 5.41 Å². The Labute approximate surface area is 218 Å². The quantitative estimate of drug-likeness (QED) is 0.548. The standard InChI is InChI=1S/C27H37ClN4O4/c1-19(2)25-24(20(3)36-29-25)26(34)32-11-9-27(10-12-32,18-35-22-7-5-21(28)6-8-22)17-23(33)31-15-13-30(4)14-16-31/h5-8,19H,9-18H2,1-4H3. The summed E-state index contributed by atoms with van der Waals surface area (Å²) in [6.45, 7) is 10.6. The summed E-state index contributed by atoms with van der Waals surface area (Å²) < 4.78 is 11.5. The monoisotopic (exact) mass is 516 g/mol. The second-order valence-electron chi connectivity index (χ2n) is 10.5. The first-order valence-electron chi connectivity index (χ1n) is 12.8. The van der Waals surface area contributed by atoms with E-state index in [1.807, 2.05) is 35.8 Å². The van der Waals surface area contributed by atoms with Crippen molar-refractivity contribution in [1.82, 2.24) is 19.9 Å². The van der Waals surface area contributed by atoms with Gasteiger partial charge in [0.15, 0.2) is 0 Å². The number of hydrogen-bond acceptors (Lipinski definition) is 6. The molecule has 0 N–H and O–H groups in total. The molecule has 36 heavy (non-hydrogen) atoms. The predicted molar refractivity (Wildman–Crippen MR) is 139 cm³/mol. The lowest BCUT2D eigenvalue weighted by Crippen LogP contribution is -2.51. The molecule has 0 bridgehead atoms. The van der Waals surface area contributed by atoms with E-state index in [-0.39, 0.29) is 23.1 Å². The first-order valence-corrected chi connectivity index (χ1v) is 13.2. The van der Waals surface area contributed by atoms with E-state index in [0.717, 1.165) is 31.9 Å². The SMILES string of the molecule is Cc1onc(C(C)C)c1C(=O)N1CCC(COc2ccc(Cl)cc2)(CC(=O)N2CCN(C)CC2)CC1. The number of aryl methyl sites for hydroxylation is 1. The minimum atomic E-state index is -0.346. The maximum absolute atomic E-state index is 13.4. The van der Waals surface area contributed by atoms with Gasteiger partial charge in [0, 0.05) is 56.1 Å². The average Bonchev–Trinajstić information content (AvgIpc) is 3.26. The van der Waals surface area contributed by atoms with Crippen LogP contribution >= 0.6 is 11.6 Å². The average molecular weight is 517 g/mol. The fourth-order valence-electron chi connectivity index (χ4n) is 5.01. The lowest BCUT2D eigenvalue weighted by Gasteiger charge is -2.42. The summed E-state index contributed by atoms with van der Waals surface area (Å²) in [6.07, 6.45) is 1.79. The molecule has 0 unspecified atom stereocenters. The molecule has 0 spiro atoms. The van der Waals surface area contributed by atoms with Gasteiger partial charge in [-0.15, -0.1) is 0 Å². The summed E-state index contributed by atoms with van der Waals surface area (Å²) in [5.41, 5.74) is 0.926. The van der Waals surface area contributed by atoms with Crippen LogP contribution < -0.4 is 4.74 Å². The summed E-state index contributed by atoms with van der Waals surface area (Å²) >= 11 is 6.02. The Bertz CT molecular complexity index is 1050. The lowest BCUT2D eigenvalue weighted by molar-refractivity contribution is -0.136. The Hall–Kier alpha value is -2.58. The van der Waals surface area contributed by atoms with Gasteiger partial charge in [-0.25, -0.2) is 0 Å². The zero-order valence-corrected chi connectivity index (χ0v) is 22.5. The highest BCUT2D eigenvalue weighted by molar-refractivity contribution is 6.30. The molecule has 1 aromatic carbocycles. The number of aromatic nitrogens is 1. The molecule has 2 aliphatic heterocycles. The fourth-order valence-corrected chi connectivity index (χ4v) is 5.14. The van der Waals surface area contributed by atoms with E-state index >= 15 is 0 Å². The summed E-state index contributed by atoms with van der Waals surface area (Å²) in [5.74, 6) is 1.50. The molecule has 8 nitrogen and oxygen atoms in total. The van der Waals surface area contributed by atoms with Crippen LogP contribution in [-0.2, 0) is 4.79 Å². The van der Waals surface area contributed by atoms with E-state index in [0.29, 0.717) is 61.0 Å². The number of piperazine rings is 1. The second kappa shape index (κ2) is 11.2. The summed E-state index contributed by atoms with van der Waals surface area (Å²) in [7, 11) is 2.08. The minimum absolute atomic E-state index is 0.0462. The maximum atomic E-state index is 13.4. The van der Waals surface area contributed by atoms with Crippen molar-refractivity contribution in [1.29, 1.82) is 0 Å². The number of rotatable bonds is 7. The van der Waals surface area contributed by atoms with Crippen molar-refractivity contribution in [3.63, 3.8) is 0 Å². The Morgan fingerprint density at radius 1 is 1.06 bits per heavy atom. The van der Waals surface area contributed by atoms with Crippen LogP contribution in [0.15, 0.2) is 28.8 Å². The molecule has 196 valence electrons. The van der Waals surface area contributed by atoms with Crippen molar-refractivity contribution < 1.29 is 18.8 Å². The van der Waals surface area contributed by atoms with Crippen molar-refractivity contribution in [3.8, 4) is 5.75 Å². The summed E-state index contributed by atoms with van der Waals surface area (Å²) in [6, 6.07) is 7.29. The molecule has 2 aromatic rings. The maximum Gasteiger partial charge on any atom is 0.259 e. The Morgan fingerprint density at radius 2 is 1.69 bits per heavy atom. The number of likely N-dealkylation sites (tertiary alicyclic amines) is 1. The van der Waals surface area contributed by atoms with Gasteiger partial charge < -0.3 is 24.0 Å². The number of amides is 2. The number of carbonyl (C=O) groups is 2. The third kappa shape index (κ3) is 6.03. The number of carbonyl (C=O) groups excluding carboxylic acids is 2. The number of hydrogen-bond donors (Lipinski definition) is 0. The first kappa shape index (κ1) is 26.5. The summed E-state index contributed by atoms with van der Waals surface area (Å²) in [4.78, 5) is 32.8. The van der Waals surface area contributed by atoms with Gasteiger partial charge in [0.2, 0.25) is 5.91 Å². The molecular weight excluding hydrogens is 480 g/mol. The number of benzene rings is 1. The minimum Gasteiger partial charge on any atom is -0.493 e. The van der Waals surface area contributed by atoms with Crippen molar-refractivity contribution in [2.75, 3.05) is 52.9 Å². The predicted octanol–water partition coefficient (Wildman–Crippen LogP) is 4.23. The van der Waals surface area contributed by atoms with E-state index in [9.17, 15) is 9.59 Å². The topological polar surface area (TPSA) is 79.1 Å². The van der Waals surface area contributed by atoms with Gasteiger partial charge in [0.25, 0.3) is 5.91 Å². The second-order valence-corrected chi connectivity index (χ2v) is 11.0. The Kier molecular flexibility index (Phi) is 8.25. The highest BCUT2D eigenvalue weighted by Gasteiger charge is 2.41. The highest BCUT2D eigenvalue weighted by Crippen LogP contribution is 2.38. The Morgan fingerprint density at radius 3 is 2.31 bits per heavy atom. The molecule has 2 amide bonds. The molecule has 9 heteroatoms. The zero-order chi connectivity index (χ0) is 25.9. The molecule has 2 saturated heterocycles. The largest absolute Gasteiger partial charge is 0.493 e. The fraction of sp³-hybridized carbons (Fsp3) is 0.593. The van der Waals surface area contributed by atoms with Crippen LogP contribution in [0.4, 0.5) is 0 Å². The van der Waals surface area contributed by atoms with E-state index in [1.54, 1.807) is 19.1 Å². The molecule has 0 aliphatic carbocycles. The number of nitrogens with zero attached hydrogens (tertiary/aromatic N) is 4. The molecule has 2 aliphatic rings. The van der Waals surface area contributed by atoms with Crippen LogP contribution in [0, 0.1) is 12.3 Å². The number of likely N-dealkylation sites (N-methyl/N-ethyl adjacent to an activating group) is 1. The molecule has 0 saturated carbocycles. The Balaban J connectivity index is 1.47. The molecular formula is C27H37ClN4O4. The van der Waals surface area contributed by atoms with Crippen LogP contribution in [0.2, 0.25) is 5.02 Å². The van der Waals surface area contributed by atoms with Gasteiger partial charge in [-0.3, -0.25) is 9.59 Å². The van der Waals surface area contributed by atoms with E-state index in [2.05, 4.69) is 17.1 Å². The van der Waals surface area contributed by atoms with Gasteiger partial charge in [-0.2, -0.15) is 0 Å². The van der Waals surface area contributed by atoms with Gasteiger partial charge in [0.05, 0.1) is 12.3 Å². The lowest BCUT2D eigenvalue weighted by atomic mass is 9.75. The molecule has 0 atom stereocenters. The smallest absolute Gasteiger partial charge is 0.259 e. The third-order valence-corrected chi connectivity index (χ3v) is 7.75. The normalized spacial score (nSPS) is 18.5. The van der Waals surface area contributed by atoms with E-state index in [4.69, 9.17) is 20.9 Å². The van der Waals surface area contributed by atoms with Crippen molar-refractivity contribution in [2.45, 2.75) is 46.0 Å². The van der Waals surface area contributed by atoms with E-state index < -0.39 is 0 Å². The van der Waals surface area contributed by atoms with Crippen LogP contribution in [0.3, 0.4) is 0 Å². The third-order valence-electron chi connectivity index (χ3n) is 7.50. The zero-order valence-electron chi connectivity index (χ0n) is 21.8. The van der Waals surface area contributed by atoms with Crippen LogP contribution in [0.1, 0.15) is 60.8 Å². The van der Waals surface area contributed by atoms with Gasteiger partial charge >= 0.3 is 0 Å². The number of halogens is 1. The van der Waals surface area contributed by atoms with Crippen LogP contribution in [0.5, 0.6) is 5.75 Å². The van der Waals surface area contributed by atoms with Crippen LogP contribution in [-0.4, -0.2) is 84.6 Å². The van der Waals surface area contributed by atoms with Gasteiger partial charge in [-0.1, -0.05) is 30.6 Å². The van der Waals surface area contributed by atoms with Gasteiger partial charge in [-0.05, 0) is 57.0 Å². The number of piperidine rings is 1. The molecule has 4 rings (SSSR count).